The van der Waals surface area contributed by atoms with Gasteiger partial charge in [-0.25, -0.2) is 4.98 Å². The Balaban J connectivity index is 1.57. The number of anilines is 1. The number of hydrogen-bond acceptors (Lipinski definition) is 3. The summed E-state index contributed by atoms with van der Waals surface area (Å²) < 4.78 is 0. The van der Waals surface area contributed by atoms with E-state index >= 15 is 0 Å². The van der Waals surface area contributed by atoms with E-state index in [0.29, 0.717) is 12.4 Å². The number of benzene rings is 2. The SMILES string of the molecule is O=C1C=C(Nc2nc3ccccc3[nH]2)CC(c2ccccc2)C1. The van der Waals surface area contributed by atoms with Gasteiger partial charge < -0.3 is 10.3 Å². The Labute approximate surface area is 134 Å². The minimum atomic E-state index is 0.156. The summed E-state index contributed by atoms with van der Waals surface area (Å²) in [5.74, 6) is 1.06. The van der Waals surface area contributed by atoms with Crippen molar-refractivity contribution >= 4 is 22.8 Å². The Morgan fingerprint density at radius 1 is 1.00 bits per heavy atom. The third-order valence-corrected chi connectivity index (χ3v) is 4.19. The zero-order valence-electron chi connectivity index (χ0n) is 12.6. The van der Waals surface area contributed by atoms with Crippen LogP contribution in [0.2, 0.25) is 0 Å². The van der Waals surface area contributed by atoms with Gasteiger partial charge in [0.15, 0.2) is 5.78 Å². The number of carbonyl (C=O) groups is 1. The molecular weight excluding hydrogens is 286 g/mol. The van der Waals surface area contributed by atoms with Gasteiger partial charge >= 0.3 is 0 Å². The van der Waals surface area contributed by atoms with Crippen LogP contribution in [-0.2, 0) is 4.79 Å². The molecule has 4 heteroatoms. The Morgan fingerprint density at radius 2 is 1.78 bits per heavy atom. The summed E-state index contributed by atoms with van der Waals surface area (Å²) in [5, 5.41) is 3.27. The number of aromatic amines is 1. The highest BCUT2D eigenvalue weighted by Crippen LogP contribution is 2.31. The molecule has 1 aromatic heterocycles. The zero-order valence-corrected chi connectivity index (χ0v) is 12.6. The monoisotopic (exact) mass is 303 g/mol. The summed E-state index contributed by atoms with van der Waals surface area (Å²) >= 11 is 0. The number of nitrogens with zero attached hydrogens (tertiary/aromatic N) is 1. The Hall–Kier alpha value is -2.88. The van der Waals surface area contributed by atoms with Gasteiger partial charge in [0.05, 0.1) is 11.0 Å². The molecule has 0 fully saturated rings. The molecule has 0 spiro atoms. The number of ketones is 1. The first-order chi connectivity index (χ1) is 11.3. The molecule has 1 aliphatic carbocycles. The van der Waals surface area contributed by atoms with Crippen molar-refractivity contribution < 1.29 is 4.79 Å². The third-order valence-electron chi connectivity index (χ3n) is 4.19. The van der Waals surface area contributed by atoms with Crippen LogP contribution in [0.5, 0.6) is 0 Å². The van der Waals surface area contributed by atoms with Crippen LogP contribution in [0, 0.1) is 0 Å². The number of fused-ring (bicyclic) bond motifs is 1. The number of H-pyrrole nitrogens is 1. The Morgan fingerprint density at radius 3 is 2.61 bits per heavy atom. The van der Waals surface area contributed by atoms with Crippen molar-refractivity contribution in [3.8, 4) is 0 Å². The van der Waals surface area contributed by atoms with Gasteiger partial charge in [-0.15, -0.1) is 0 Å². The maximum atomic E-state index is 12.1. The van der Waals surface area contributed by atoms with Gasteiger partial charge in [-0.05, 0) is 30.0 Å². The highest BCUT2D eigenvalue weighted by Gasteiger charge is 2.22. The fourth-order valence-corrected chi connectivity index (χ4v) is 3.10. The fraction of sp³-hybridized carbons (Fsp3) is 0.158. The average Bonchev–Trinajstić information content (AvgIpc) is 2.97. The van der Waals surface area contributed by atoms with Gasteiger partial charge in [0.1, 0.15) is 0 Å². The quantitative estimate of drug-likeness (QED) is 0.768. The maximum absolute atomic E-state index is 12.1. The highest BCUT2D eigenvalue weighted by molar-refractivity contribution is 5.92. The van der Waals surface area contributed by atoms with Crippen LogP contribution in [0.4, 0.5) is 5.95 Å². The lowest BCUT2D eigenvalue weighted by Gasteiger charge is -2.22. The molecule has 1 atom stereocenters. The predicted molar refractivity (Wildman–Crippen MR) is 91.2 cm³/mol. The number of allylic oxidation sites excluding steroid dienone is 2. The van der Waals surface area contributed by atoms with Crippen molar-refractivity contribution in [3.63, 3.8) is 0 Å². The van der Waals surface area contributed by atoms with E-state index < -0.39 is 0 Å². The molecule has 0 amide bonds. The Bertz CT molecular complexity index is 847. The van der Waals surface area contributed by atoms with Crippen molar-refractivity contribution in [3.05, 3.63) is 71.9 Å². The largest absolute Gasteiger partial charge is 0.329 e. The van der Waals surface area contributed by atoms with Crippen LogP contribution in [0.3, 0.4) is 0 Å². The first-order valence-corrected chi connectivity index (χ1v) is 7.78. The molecule has 2 N–H and O–H groups in total. The summed E-state index contributed by atoms with van der Waals surface area (Å²) in [6, 6.07) is 18.1. The molecule has 2 aromatic carbocycles. The first-order valence-electron chi connectivity index (χ1n) is 7.78. The minimum absolute atomic E-state index is 0.156. The van der Waals surface area contributed by atoms with Gasteiger partial charge in [-0.1, -0.05) is 42.5 Å². The summed E-state index contributed by atoms with van der Waals surface area (Å²) in [6.45, 7) is 0. The number of rotatable bonds is 3. The van der Waals surface area contributed by atoms with Crippen molar-refractivity contribution in [2.45, 2.75) is 18.8 Å². The molecule has 0 radical (unpaired) electrons. The van der Waals surface area contributed by atoms with E-state index in [0.717, 1.165) is 23.2 Å². The van der Waals surface area contributed by atoms with Crippen molar-refractivity contribution in [1.82, 2.24) is 9.97 Å². The van der Waals surface area contributed by atoms with Crippen molar-refractivity contribution in [2.24, 2.45) is 0 Å². The smallest absolute Gasteiger partial charge is 0.205 e. The summed E-state index contributed by atoms with van der Waals surface area (Å²) in [7, 11) is 0. The van der Waals surface area contributed by atoms with E-state index in [-0.39, 0.29) is 11.7 Å². The molecule has 3 aromatic rings. The molecule has 0 saturated heterocycles. The van der Waals surface area contributed by atoms with Crippen LogP contribution in [0.25, 0.3) is 11.0 Å². The Kier molecular flexibility index (Phi) is 3.42. The van der Waals surface area contributed by atoms with Crippen molar-refractivity contribution in [2.75, 3.05) is 5.32 Å². The molecule has 1 unspecified atom stereocenters. The summed E-state index contributed by atoms with van der Waals surface area (Å²) in [4.78, 5) is 19.8. The van der Waals surface area contributed by atoms with E-state index in [2.05, 4.69) is 27.4 Å². The topological polar surface area (TPSA) is 57.8 Å². The summed E-state index contributed by atoms with van der Waals surface area (Å²) in [6.07, 6.45) is 3.08. The lowest BCUT2D eigenvalue weighted by Crippen LogP contribution is -2.17. The third kappa shape index (κ3) is 2.88. The number of carbonyl (C=O) groups excluding carboxylic acids is 1. The molecule has 1 heterocycles. The van der Waals surface area contributed by atoms with Crippen LogP contribution in [-0.4, -0.2) is 15.8 Å². The minimum Gasteiger partial charge on any atom is -0.329 e. The van der Waals surface area contributed by atoms with E-state index in [4.69, 9.17) is 0 Å². The van der Waals surface area contributed by atoms with E-state index in [1.165, 1.54) is 5.56 Å². The van der Waals surface area contributed by atoms with Gasteiger partial charge in [-0.3, -0.25) is 4.79 Å². The molecule has 0 saturated carbocycles. The molecule has 23 heavy (non-hydrogen) atoms. The second kappa shape index (κ2) is 5.72. The van der Waals surface area contributed by atoms with Crippen LogP contribution >= 0.6 is 0 Å². The number of para-hydroxylation sites is 2. The number of nitrogens with one attached hydrogen (secondary N) is 2. The normalized spacial score (nSPS) is 18.0. The average molecular weight is 303 g/mol. The first kappa shape index (κ1) is 13.8. The number of imidazole rings is 1. The van der Waals surface area contributed by atoms with E-state index in [1.54, 1.807) is 6.08 Å². The molecule has 4 nitrogen and oxygen atoms in total. The molecular formula is C19H17N3O. The summed E-state index contributed by atoms with van der Waals surface area (Å²) in [5.41, 5.74) is 4.02. The molecule has 4 rings (SSSR count). The molecule has 1 aliphatic rings. The zero-order chi connectivity index (χ0) is 15.6. The van der Waals surface area contributed by atoms with E-state index in [1.807, 2.05) is 42.5 Å². The van der Waals surface area contributed by atoms with Crippen LogP contribution < -0.4 is 5.32 Å². The van der Waals surface area contributed by atoms with Gasteiger partial charge in [0.25, 0.3) is 0 Å². The number of aromatic nitrogens is 2. The second-order valence-electron chi connectivity index (χ2n) is 5.88. The van der Waals surface area contributed by atoms with Gasteiger partial charge in [0, 0.05) is 18.2 Å². The lowest BCUT2D eigenvalue weighted by molar-refractivity contribution is -0.115. The van der Waals surface area contributed by atoms with Crippen LogP contribution in [0.15, 0.2) is 66.4 Å². The second-order valence-corrected chi connectivity index (χ2v) is 5.88. The lowest BCUT2D eigenvalue weighted by atomic mass is 9.85. The maximum Gasteiger partial charge on any atom is 0.205 e. The van der Waals surface area contributed by atoms with Crippen molar-refractivity contribution in [1.29, 1.82) is 0 Å². The standard InChI is InChI=1S/C19H17N3O/c23-16-11-14(13-6-2-1-3-7-13)10-15(12-16)20-19-21-17-8-4-5-9-18(17)22-19/h1-9,12,14H,10-11H2,(H2,20,21,22). The van der Waals surface area contributed by atoms with Gasteiger partial charge in [0.2, 0.25) is 5.95 Å². The molecule has 0 aliphatic heterocycles. The predicted octanol–water partition coefficient (Wildman–Crippen LogP) is 4.01. The van der Waals surface area contributed by atoms with E-state index in [9.17, 15) is 4.79 Å². The van der Waals surface area contributed by atoms with Gasteiger partial charge in [-0.2, -0.15) is 0 Å². The number of hydrogen-bond donors (Lipinski definition) is 2. The molecule has 114 valence electrons. The van der Waals surface area contributed by atoms with Crippen LogP contribution in [0.1, 0.15) is 24.3 Å². The highest BCUT2D eigenvalue weighted by atomic mass is 16.1. The fourth-order valence-electron chi connectivity index (χ4n) is 3.10. The molecule has 0 bridgehead atoms.